The molecule has 0 amide bonds. The maximum atomic E-state index is 12.7. The van der Waals surface area contributed by atoms with Crippen molar-refractivity contribution in [1.29, 1.82) is 5.41 Å². The van der Waals surface area contributed by atoms with E-state index in [4.69, 9.17) is 34.3 Å². The molecule has 118 valence electrons. The molecule has 1 aromatic carbocycles. The molecule has 11 heteroatoms. The highest BCUT2D eigenvalue weighted by Crippen LogP contribution is 2.37. The molecule has 3 N–H and O–H groups in total. The molecule has 0 aliphatic carbocycles. The number of benzene rings is 1. The van der Waals surface area contributed by atoms with E-state index >= 15 is 0 Å². The molecule has 5 nitrogen and oxygen atoms in total. The van der Waals surface area contributed by atoms with E-state index in [0.29, 0.717) is 11.4 Å². The molecule has 2 aromatic rings. The minimum absolute atomic E-state index is 0.0513. The van der Waals surface area contributed by atoms with E-state index in [1.54, 1.807) is 0 Å². The molecule has 0 aliphatic heterocycles. The van der Waals surface area contributed by atoms with Gasteiger partial charge < -0.3 is 5.73 Å². The first kappa shape index (κ1) is 16.9. The van der Waals surface area contributed by atoms with Crippen molar-refractivity contribution in [3.63, 3.8) is 0 Å². The predicted molar refractivity (Wildman–Crippen MR) is 79.6 cm³/mol. The number of hydrogen-bond donors (Lipinski definition) is 2. The van der Waals surface area contributed by atoms with Gasteiger partial charge in [-0.2, -0.15) is 23.4 Å². The van der Waals surface area contributed by atoms with Crippen LogP contribution in [0.4, 0.5) is 13.2 Å². The number of hydrogen-bond acceptors (Lipinski definition) is 4. The number of aromatic nitrogens is 3. The first-order chi connectivity index (χ1) is 10.2. The van der Waals surface area contributed by atoms with Gasteiger partial charge in [0.2, 0.25) is 0 Å². The third-order valence-electron chi connectivity index (χ3n) is 2.46. The minimum atomic E-state index is -4.55. The second-order valence-corrected chi connectivity index (χ2v) is 5.90. The fourth-order valence-corrected chi connectivity index (χ4v) is 2.61. The Labute approximate surface area is 137 Å². The summed E-state index contributed by atoms with van der Waals surface area (Å²) in [4.78, 5) is 1.04. The summed E-state index contributed by atoms with van der Waals surface area (Å²) < 4.78 is 38.0. The van der Waals surface area contributed by atoms with Crippen LogP contribution in [0.2, 0.25) is 10.0 Å². The van der Waals surface area contributed by atoms with Gasteiger partial charge in [-0.25, -0.2) is 0 Å². The SMILES string of the molecule is N=C(N)SCc1cnn(-c2c(Cl)cc(C(F)(F)F)cc2Cl)n1. The summed E-state index contributed by atoms with van der Waals surface area (Å²) in [7, 11) is 0. The van der Waals surface area contributed by atoms with E-state index in [1.165, 1.54) is 6.20 Å². The molecule has 0 unspecified atom stereocenters. The smallest absolute Gasteiger partial charge is 0.379 e. The Bertz CT molecular complexity index is 693. The summed E-state index contributed by atoms with van der Waals surface area (Å²) in [5.41, 5.74) is 4.78. The number of thioether (sulfide) groups is 1. The number of amidine groups is 1. The van der Waals surface area contributed by atoms with Crippen molar-refractivity contribution in [3.05, 3.63) is 39.6 Å². The van der Waals surface area contributed by atoms with Crippen LogP contribution >= 0.6 is 35.0 Å². The van der Waals surface area contributed by atoms with Crippen LogP contribution in [0.3, 0.4) is 0 Å². The molecule has 0 saturated heterocycles. The summed E-state index contributed by atoms with van der Waals surface area (Å²) in [6.45, 7) is 0. The molecule has 0 spiro atoms. The molecule has 2 rings (SSSR count). The zero-order valence-corrected chi connectivity index (χ0v) is 13.0. The van der Waals surface area contributed by atoms with Crippen molar-refractivity contribution in [2.24, 2.45) is 5.73 Å². The van der Waals surface area contributed by atoms with E-state index in [1.807, 2.05) is 0 Å². The summed E-state index contributed by atoms with van der Waals surface area (Å²) in [5.74, 6) is 0.297. The van der Waals surface area contributed by atoms with Crippen LogP contribution in [0.5, 0.6) is 0 Å². The van der Waals surface area contributed by atoms with Gasteiger partial charge in [0.25, 0.3) is 0 Å². The molecule has 0 atom stereocenters. The Morgan fingerprint density at radius 3 is 2.41 bits per heavy atom. The van der Waals surface area contributed by atoms with E-state index in [-0.39, 0.29) is 20.9 Å². The Morgan fingerprint density at radius 1 is 1.32 bits per heavy atom. The quantitative estimate of drug-likeness (QED) is 0.638. The molecule has 0 radical (unpaired) electrons. The topological polar surface area (TPSA) is 80.6 Å². The van der Waals surface area contributed by atoms with Gasteiger partial charge in [-0.05, 0) is 12.1 Å². The first-order valence-corrected chi connectivity index (χ1v) is 7.37. The molecule has 0 saturated carbocycles. The van der Waals surface area contributed by atoms with E-state index < -0.39 is 11.7 Å². The lowest BCUT2D eigenvalue weighted by Gasteiger charge is -2.11. The number of nitrogens with one attached hydrogen (secondary N) is 1. The molecule has 1 aromatic heterocycles. The second kappa shape index (κ2) is 6.35. The third-order valence-corrected chi connectivity index (χ3v) is 3.79. The number of nitrogens with two attached hydrogens (primary N) is 1. The molecule has 0 fully saturated rings. The zero-order chi connectivity index (χ0) is 16.5. The molecule has 22 heavy (non-hydrogen) atoms. The molecule has 1 heterocycles. The fourth-order valence-electron chi connectivity index (χ4n) is 1.54. The van der Waals surface area contributed by atoms with Crippen molar-refractivity contribution in [1.82, 2.24) is 15.0 Å². The molecular formula is C11H8Cl2F3N5S. The van der Waals surface area contributed by atoms with Crippen LogP contribution in [0, 0.1) is 5.41 Å². The van der Waals surface area contributed by atoms with Crippen molar-refractivity contribution < 1.29 is 13.2 Å². The van der Waals surface area contributed by atoms with Gasteiger partial charge in [0, 0.05) is 5.75 Å². The fraction of sp³-hybridized carbons (Fsp3) is 0.182. The largest absolute Gasteiger partial charge is 0.416 e. The van der Waals surface area contributed by atoms with Crippen molar-refractivity contribution in [3.8, 4) is 5.69 Å². The van der Waals surface area contributed by atoms with Gasteiger partial charge in [-0.1, -0.05) is 35.0 Å². The Balaban J connectivity index is 2.35. The van der Waals surface area contributed by atoms with Gasteiger partial charge in [-0.3, -0.25) is 5.41 Å². The van der Waals surface area contributed by atoms with Gasteiger partial charge in [0.15, 0.2) is 5.17 Å². The van der Waals surface area contributed by atoms with Crippen LogP contribution in [-0.2, 0) is 11.9 Å². The average molecular weight is 370 g/mol. The van der Waals surface area contributed by atoms with Crippen LogP contribution in [0.15, 0.2) is 18.3 Å². The van der Waals surface area contributed by atoms with Crippen LogP contribution in [0.25, 0.3) is 5.69 Å². The zero-order valence-electron chi connectivity index (χ0n) is 10.7. The maximum absolute atomic E-state index is 12.7. The lowest BCUT2D eigenvalue weighted by atomic mass is 10.2. The Hall–Kier alpha value is -1.45. The van der Waals surface area contributed by atoms with Gasteiger partial charge in [-0.15, -0.1) is 4.80 Å². The molecule has 0 bridgehead atoms. The number of nitrogens with zero attached hydrogens (tertiary/aromatic N) is 3. The lowest BCUT2D eigenvalue weighted by Crippen LogP contribution is -2.08. The summed E-state index contributed by atoms with van der Waals surface area (Å²) in [6, 6.07) is 1.52. The number of alkyl halides is 3. The summed E-state index contributed by atoms with van der Waals surface area (Å²) in [5, 5.41) is 14.5. The summed E-state index contributed by atoms with van der Waals surface area (Å²) in [6.07, 6.45) is -3.16. The lowest BCUT2D eigenvalue weighted by molar-refractivity contribution is -0.137. The van der Waals surface area contributed by atoms with E-state index in [2.05, 4.69) is 10.2 Å². The first-order valence-electron chi connectivity index (χ1n) is 5.63. The van der Waals surface area contributed by atoms with Gasteiger partial charge >= 0.3 is 6.18 Å². The predicted octanol–water partition coefficient (Wildman–Crippen LogP) is 3.72. The highest BCUT2D eigenvalue weighted by Gasteiger charge is 2.32. The Kier molecular flexibility index (Phi) is 4.88. The highest BCUT2D eigenvalue weighted by atomic mass is 35.5. The molecular weight excluding hydrogens is 362 g/mol. The highest BCUT2D eigenvalue weighted by molar-refractivity contribution is 8.13. The van der Waals surface area contributed by atoms with Crippen LogP contribution in [0.1, 0.15) is 11.3 Å². The maximum Gasteiger partial charge on any atom is 0.416 e. The van der Waals surface area contributed by atoms with Gasteiger partial charge in [0.05, 0.1) is 27.5 Å². The van der Waals surface area contributed by atoms with E-state index in [0.717, 1.165) is 28.7 Å². The second-order valence-electron chi connectivity index (χ2n) is 4.06. The average Bonchev–Trinajstić information content (AvgIpc) is 2.83. The number of rotatable bonds is 3. The Morgan fingerprint density at radius 2 is 1.91 bits per heavy atom. The third kappa shape index (κ3) is 3.84. The van der Waals surface area contributed by atoms with E-state index in [9.17, 15) is 13.2 Å². The normalized spacial score (nSPS) is 11.7. The minimum Gasteiger partial charge on any atom is -0.379 e. The monoisotopic (exact) mass is 369 g/mol. The van der Waals surface area contributed by atoms with Crippen LogP contribution in [-0.4, -0.2) is 20.2 Å². The van der Waals surface area contributed by atoms with Crippen LogP contribution < -0.4 is 5.73 Å². The van der Waals surface area contributed by atoms with Crippen molar-refractivity contribution >= 4 is 40.1 Å². The van der Waals surface area contributed by atoms with Crippen molar-refractivity contribution in [2.75, 3.05) is 0 Å². The summed E-state index contributed by atoms with van der Waals surface area (Å²) >= 11 is 12.8. The number of halogens is 5. The standard InChI is InChI=1S/C11H8Cl2F3N5S/c12-7-1-5(11(14,15)16)2-8(13)9(7)21-19-3-6(20-21)4-22-10(17)18/h1-3H,4H2,(H3,17,18). The van der Waals surface area contributed by atoms with Gasteiger partial charge in [0.1, 0.15) is 5.69 Å². The van der Waals surface area contributed by atoms with Crippen molar-refractivity contribution in [2.45, 2.75) is 11.9 Å². The molecule has 0 aliphatic rings.